The van der Waals surface area contributed by atoms with E-state index in [9.17, 15) is 4.79 Å². The van der Waals surface area contributed by atoms with Gasteiger partial charge in [0.1, 0.15) is 0 Å². The van der Waals surface area contributed by atoms with Gasteiger partial charge in [0.05, 0.1) is 19.0 Å². The van der Waals surface area contributed by atoms with E-state index in [4.69, 9.17) is 5.26 Å². The third-order valence-electron chi connectivity index (χ3n) is 3.09. The van der Waals surface area contributed by atoms with E-state index in [-0.39, 0.29) is 5.91 Å². The number of benzene rings is 1. The Kier molecular flexibility index (Phi) is 6.96. The van der Waals surface area contributed by atoms with E-state index in [0.29, 0.717) is 26.1 Å². The van der Waals surface area contributed by atoms with E-state index in [1.807, 2.05) is 37.3 Å². The van der Waals surface area contributed by atoms with Crippen molar-refractivity contribution in [3.63, 3.8) is 0 Å². The second-order valence-electron chi connectivity index (χ2n) is 4.44. The van der Waals surface area contributed by atoms with Crippen molar-refractivity contribution in [2.45, 2.75) is 18.2 Å². The molecule has 0 saturated heterocycles. The first-order chi connectivity index (χ1) is 9.62. The first-order valence-corrected chi connectivity index (χ1v) is 7.84. The molecule has 5 heteroatoms. The zero-order valence-electron chi connectivity index (χ0n) is 12.3. The normalized spacial score (nSPS) is 9.90. The molecule has 0 aliphatic carbocycles. The van der Waals surface area contributed by atoms with Crippen molar-refractivity contribution in [2.24, 2.45) is 0 Å². The number of nitrogens with zero attached hydrogens (tertiary/aromatic N) is 3. The number of anilines is 1. The molecular formula is C15H21N3OS. The second kappa shape index (κ2) is 8.49. The maximum Gasteiger partial charge on any atom is 0.242 e. The van der Waals surface area contributed by atoms with Gasteiger partial charge in [0.25, 0.3) is 0 Å². The lowest BCUT2D eigenvalue weighted by Crippen LogP contribution is -2.39. The van der Waals surface area contributed by atoms with E-state index >= 15 is 0 Å². The molecule has 108 valence electrons. The van der Waals surface area contributed by atoms with Crippen LogP contribution in [0.15, 0.2) is 29.2 Å². The highest BCUT2D eigenvalue weighted by molar-refractivity contribution is 7.98. The maximum atomic E-state index is 12.2. The fraction of sp³-hybridized carbons (Fsp3) is 0.467. The van der Waals surface area contributed by atoms with Gasteiger partial charge in [0.15, 0.2) is 0 Å². The van der Waals surface area contributed by atoms with E-state index in [1.54, 1.807) is 16.7 Å². The molecule has 0 spiro atoms. The summed E-state index contributed by atoms with van der Waals surface area (Å²) in [4.78, 5) is 17.0. The van der Waals surface area contributed by atoms with E-state index in [1.165, 1.54) is 4.90 Å². The van der Waals surface area contributed by atoms with Gasteiger partial charge in [0.2, 0.25) is 5.91 Å². The van der Waals surface area contributed by atoms with Gasteiger partial charge < -0.3 is 9.80 Å². The van der Waals surface area contributed by atoms with Gasteiger partial charge in [-0.05, 0) is 31.4 Å². The van der Waals surface area contributed by atoms with Crippen LogP contribution in [-0.2, 0) is 4.79 Å². The van der Waals surface area contributed by atoms with Crippen LogP contribution >= 0.6 is 11.8 Å². The van der Waals surface area contributed by atoms with E-state index in [2.05, 4.69) is 18.2 Å². The first kappa shape index (κ1) is 16.4. The molecular weight excluding hydrogens is 270 g/mol. The van der Waals surface area contributed by atoms with Crippen LogP contribution in [0.25, 0.3) is 0 Å². The highest BCUT2D eigenvalue weighted by Gasteiger charge is 2.14. The average molecular weight is 291 g/mol. The third kappa shape index (κ3) is 4.78. The molecule has 4 nitrogen and oxygen atoms in total. The van der Waals surface area contributed by atoms with Gasteiger partial charge in [-0.2, -0.15) is 5.26 Å². The Morgan fingerprint density at radius 2 is 2.20 bits per heavy atom. The Labute approximate surface area is 125 Å². The average Bonchev–Trinajstić information content (AvgIpc) is 2.48. The molecule has 20 heavy (non-hydrogen) atoms. The van der Waals surface area contributed by atoms with Crippen molar-refractivity contribution < 1.29 is 4.79 Å². The summed E-state index contributed by atoms with van der Waals surface area (Å²) in [6.45, 7) is 3.41. The lowest BCUT2D eigenvalue weighted by molar-refractivity contribution is -0.129. The highest BCUT2D eigenvalue weighted by Crippen LogP contribution is 2.21. The van der Waals surface area contributed by atoms with Gasteiger partial charge in [-0.25, -0.2) is 0 Å². The number of amides is 1. The molecule has 0 bridgehead atoms. The summed E-state index contributed by atoms with van der Waals surface area (Å²) < 4.78 is 0. The van der Waals surface area contributed by atoms with Crippen LogP contribution in [-0.4, -0.2) is 43.7 Å². The van der Waals surface area contributed by atoms with Crippen molar-refractivity contribution in [1.82, 2.24) is 4.90 Å². The topological polar surface area (TPSA) is 47.3 Å². The lowest BCUT2D eigenvalue weighted by atomic mass is 10.3. The molecule has 0 heterocycles. The molecule has 0 saturated carbocycles. The number of nitriles is 1. The molecule has 1 aromatic rings. The van der Waals surface area contributed by atoms with E-state index < -0.39 is 0 Å². The smallest absolute Gasteiger partial charge is 0.242 e. The minimum Gasteiger partial charge on any atom is -0.365 e. The van der Waals surface area contributed by atoms with Crippen LogP contribution < -0.4 is 4.90 Å². The Morgan fingerprint density at radius 3 is 2.80 bits per heavy atom. The molecule has 0 unspecified atom stereocenters. The standard InChI is InChI=1S/C15H21N3OS/c1-4-18(10-6-9-16)15(19)12-17(2)13-7-5-8-14(11-13)20-3/h5,7-8,11H,4,6,10,12H2,1-3H3. The van der Waals surface area contributed by atoms with Crippen molar-refractivity contribution in [2.75, 3.05) is 37.8 Å². The van der Waals surface area contributed by atoms with Crippen LogP contribution in [0.3, 0.4) is 0 Å². The van der Waals surface area contributed by atoms with Gasteiger partial charge in [-0.1, -0.05) is 6.07 Å². The molecule has 1 rings (SSSR count). The summed E-state index contributed by atoms with van der Waals surface area (Å²) in [5.74, 6) is 0.0554. The van der Waals surface area contributed by atoms with Crippen LogP contribution in [0, 0.1) is 11.3 Å². The van der Waals surface area contributed by atoms with Crippen molar-refractivity contribution in [3.05, 3.63) is 24.3 Å². The van der Waals surface area contributed by atoms with Crippen molar-refractivity contribution in [3.8, 4) is 6.07 Å². The SMILES string of the molecule is CCN(CCC#N)C(=O)CN(C)c1cccc(SC)c1. The van der Waals surface area contributed by atoms with E-state index in [0.717, 1.165) is 5.69 Å². The van der Waals surface area contributed by atoms with Crippen LogP contribution in [0.5, 0.6) is 0 Å². The molecule has 0 radical (unpaired) electrons. The second-order valence-corrected chi connectivity index (χ2v) is 5.32. The van der Waals surface area contributed by atoms with Gasteiger partial charge in [-0.15, -0.1) is 11.8 Å². The minimum atomic E-state index is 0.0554. The lowest BCUT2D eigenvalue weighted by Gasteiger charge is -2.25. The summed E-state index contributed by atoms with van der Waals surface area (Å²) in [5.41, 5.74) is 1.03. The molecule has 0 aliphatic rings. The predicted octanol–water partition coefficient (Wildman–Crippen LogP) is 2.61. The monoisotopic (exact) mass is 291 g/mol. The summed E-state index contributed by atoms with van der Waals surface area (Å²) in [6, 6.07) is 10.2. The fourth-order valence-corrected chi connectivity index (χ4v) is 2.34. The fourth-order valence-electron chi connectivity index (χ4n) is 1.89. The first-order valence-electron chi connectivity index (χ1n) is 6.62. The quantitative estimate of drug-likeness (QED) is 0.725. The third-order valence-corrected chi connectivity index (χ3v) is 3.82. The summed E-state index contributed by atoms with van der Waals surface area (Å²) in [6.07, 6.45) is 2.41. The number of carbonyl (C=O) groups excluding carboxylic acids is 1. The molecule has 0 N–H and O–H groups in total. The Hall–Kier alpha value is -1.67. The van der Waals surface area contributed by atoms with Crippen LogP contribution in [0.4, 0.5) is 5.69 Å². The number of rotatable bonds is 7. The zero-order valence-corrected chi connectivity index (χ0v) is 13.1. The molecule has 0 aromatic heterocycles. The molecule has 0 fully saturated rings. The number of carbonyl (C=O) groups is 1. The molecule has 0 aliphatic heterocycles. The Bertz CT molecular complexity index is 484. The Balaban J connectivity index is 2.66. The summed E-state index contributed by atoms with van der Waals surface area (Å²) >= 11 is 1.68. The number of hydrogen-bond donors (Lipinski definition) is 0. The number of hydrogen-bond acceptors (Lipinski definition) is 4. The number of likely N-dealkylation sites (N-methyl/N-ethyl adjacent to an activating group) is 2. The zero-order chi connectivity index (χ0) is 15.0. The molecule has 0 atom stereocenters. The predicted molar refractivity (Wildman–Crippen MR) is 84.0 cm³/mol. The minimum absolute atomic E-state index is 0.0554. The number of thioether (sulfide) groups is 1. The highest BCUT2D eigenvalue weighted by atomic mass is 32.2. The van der Waals surface area contributed by atoms with Gasteiger partial charge in [0, 0.05) is 30.7 Å². The van der Waals surface area contributed by atoms with Gasteiger partial charge in [-0.3, -0.25) is 4.79 Å². The van der Waals surface area contributed by atoms with Crippen LogP contribution in [0.1, 0.15) is 13.3 Å². The summed E-state index contributed by atoms with van der Waals surface area (Å²) in [5, 5.41) is 8.61. The Morgan fingerprint density at radius 1 is 1.45 bits per heavy atom. The van der Waals surface area contributed by atoms with Crippen LogP contribution in [0.2, 0.25) is 0 Å². The van der Waals surface area contributed by atoms with Gasteiger partial charge >= 0.3 is 0 Å². The molecule has 1 aromatic carbocycles. The van der Waals surface area contributed by atoms with Crippen molar-refractivity contribution >= 4 is 23.4 Å². The summed E-state index contributed by atoms with van der Waals surface area (Å²) in [7, 11) is 1.91. The maximum absolute atomic E-state index is 12.2. The molecule has 1 amide bonds. The largest absolute Gasteiger partial charge is 0.365 e. The van der Waals surface area contributed by atoms with Crippen molar-refractivity contribution in [1.29, 1.82) is 5.26 Å².